The molecule has 2 N–H and O–H groups in total. The molecule has 3 heterocycles. The number of nitrogens with zero attached hydrogens (tertiary/aromatic N) is 4. The first-order valence-corrected chi connectivity index (χ1v) is 15.7. The zero-order valence-electron chi connectivity index (χ0n) is 25.8. The number of halogens is 1. The van der Waals surface area contributed by atoms with Crippen LogP contribution in [-0.4, -0.2) is 73.4 Å². The van der Waals surface area contributed by atoms with Crippen molar-refractivity contribution in [3.63, 3.8) is 0 Å². The lowest BCUT2D eigenvalue weighted by Crippen LogP contribution is -2.49. The fraction of sp³-hybridized carbons (Fsp3) is 0.278. The number of carbonyl (C=O) groups is 3. The number of aromatic nitrogens is 1. The summed E-state index contributed by atoms with van der Waals surface area (Å²) in [4.78, 5) is 46.6. The van der Waals surface area contributed by atoms with E-state index in [2.05, 4.69) is 34.1 Å². The minimum absolute atomic E-state index is 0.0116. The summed E-state index contributed by atoms with van der Waals surface area (Å²) in [5.41, 5.74) is 11.3. The number of rotatable bonds is 7. The molecule has 0 radical (unpaired) electrons. The Morgan fingerprint density at radius 2 is 1.64 bits per heavy atom. The molecule has 0 spiro atoms. The molecule has 7 rings (SSSR count). The van der Waals surface area contributed by atoms with Crippen molar-refractivity contribution in [3.05, 3.63) is 102 Å². The van der Waals surface area contributed by atoms with E-state index in [0.29, 0.717) is 43.0 Å². The molecule has 2 atom stereocenters. The van der Waals surface area contributed by atoms with Crippen LogP contribution < -0.4 is 15.5 Å². The highest BCUT2D eigenvalue weighted by molar-refractivity contribution is 5.91. The Balaban J connectivity index is 0.941. The molecule has 11 heteroatoms. The van der Waals surface area contributed by atoms with Gasteiger partial charge >= 0.3 is 12.2 Å². The van der Waals surface area contributed by atoms with Gasteiger partial charge in [-0.05, 0) is 59.5 Å². The number of cyclic esters (lactones) is 1. The summed E-state index contributed by atoms with van der Waals surface area (Å²) in [5, 5.41) is 0. The van der Waals surface area contributed by atoms with Gasteiger partial charge in [0.2, 0.25) is 5.91 Å². The maximum atomic E-state index is 15.2. The SMILES string of the molecule is C[C@H](C(N)=O)C1CN(c2ccc(-c3ccc(N4CCN(C(=O)OCC5c6ccccc6-c6ccccc65)CC4)nc3)c(F)c2)C(=O)O1. The van der Waals surface area contributed by atoms with Gasteiger partial charge in [0.15, 0.2) is 0 Å². The van der Waals surface area contributed by atoms with Crippen molar-refractivity contribution in [2.45, 2.75) is 18.9 Å². The molecule has 1 aliphatic carbocycles. The Hall–Kier alpha value is -5.45. The van der Waals surface area contributed by atoms with Gasteiger partial charge in [-0.15, -0.1) is 0 Å². The second-order valence-corrected chi connectivity index (χ2v) is 12.1. The molecule has 3 aromatic carbocycles. The molecule has 240 valence electrons. The third kappa shape index (κ3) is 5.73. The van der Waals surface area contributed by atoms with Gasteiger partial charge in [-0.1, -0.05) is 48.5 Å². The molecule has 0 bridgehead atoms. The van der Waals surface area contributed by atoms with Gasteiger partial charge in [0.1, 0.15) is 24.3 Å². The lowest BCUT2D eigenvalue weighted by atomic mass is 9.98. The Morgan fingerprint density at radius 1 is 0.957 bits per heavy atom. The van der Waals surface area contributed by atoms with E-state index in [-0.39, 0.29) is 25.2 Å². The maximum absolute atomic E-state index is 15.2. The van der Waals surface area contributed by atoms with Crippen LogP contribution in [0.1, 0.15) is 24.0 Å². The van der Waals surface area contributed by atoms with Gasteiger partial charge < -0.3 is 25.0 Å². The lowest BCUT2D eigenvalue weighted by Gasteiger charge is -2.35. The van der Waals surface area contributed by atoms with Crippen LogP contribution in [0.3, 0.4) is 0 Å². The van der Waals surface area contributed by atoms with E-state index in [1.807, 2.05) is 30.3 Å². The first kappa shape index (κ1) is 30.2. The summed E-state index contributed by atoms with van der Waals surface area (Å²) in [5.74, 6) is -1.01. The Morgan fingerprint density at radius 3 is 2.26 bits per heavy atom. The highest BCUT2D eigenvalue weighted by Crippen LogP contribution is 2.44. The smallest absolute Gasteiger partial charge is 0.414 e. The summed E-state index contributed by atoms with van der Waals surface area (Å²) >= 11 is 0. The third-order valence-electron chi connectivity index (χ3n) is 9.36. The van der Waals surface area contributed by atoms with E-state index in [1.165, 1.54) is 33.2 Å². The van der Waals surface area contributed by atoms with E-state index in [4.69, 9.17) is 15.2 Å². The minimum atomic E-state index is -0.694. The number of piperazine rings is 1. The highest BCUT2D eigenvalue weighted by atomic mass is 19.1. The van der Waals surface area contributed by atoms with Crippen LogP contribution in [-0.2, 0) is 14.3 Å². The average Bonchev–Trinajstić information content (AvgIpc) is 3.64. The predicted molar refractivity (Wildman–Crippen MR) is 174 cm³/mol. The first-order valence-electron chi connectivity index (χ1n) is 15.7. The molecule has 3 aliphatic rings. The fourth-order valence-corrected chi connectivity index (χ4v) is 6.58. The standard InChI is InChI=1S/C36H34FN5O5/c1-22(34(38)43)32-20-42(36(45)47-32)24-11-12-25(31(37)18-24)23-10-13-33(39-19-23)40-14-16-41(17-15-40)35(44)46-21-30-28-8-4-2-6-26(28)27-7-3-5-9-29(27)30/h2-13,18-19,22,30,32H,14-17,20-21H2,1H3,(H2,38,43)/t22-,32?/m0/s1. The number of nitrogens with two attached hydrogens (primary N) is 1. The third-order valence-corrected chi connectivity index (χ3v) is 9.36. The summed E-state index contributed by atoms with van der Waals surface area (Å²) in [6.45, 7) is 4.14. The summed E-state index contributed by atoms with van der Waals surface area (Å²) in [7, 11) is 0. The summed E-state index contributed by atoms with van der Waals surface area (Å²) in [6.07, 6.45) is -0.0610. The quantitative estimate of drug-likeness (QED) is 0.289. The monoisotopic (exact) mass is 635 g/mol. The number of anilines is 2. The Bertz CT molecular complexity index is 1800. The van der Waals surface area contributed by atoms with Gasteiger partial charge in [-0.3, -0.25) is 9.69 Å². The highest BCUT2D eigenvalue weighted by Gasteiger charge is 2.38. The zero-order chi connectivity index (χ0) is 32.7. The van der Waals surface area contributed by atoms with Gasteiger partial charge in [0, 0.05) is 49.4 Å². The van der Waals surface area contributed by atoms with Crippen LogP contribution in [0.5, 0.6) is 0 Å². The molecule has 2 saturated heterocycles. The number of fused-ring (bicyclic) bond motifs is 3. The van der Waals surface area contributed by atoms with E-state index < -0.39 is 29.8 Å². The van der Waals surface area contributed by atoms with Crippen LogP contribution in [0.15, 0.2) is 85.1 Å². The maximum Gasteiger partial charge on any atom is 0.414 e. The zero-order valence-corrected chi connectivity index (χ0v) is 25.8. The van der Waals surface area contributed by atoms with Crippen LogP contribution in [0.25, 0.3) is 22.3 Å². The van der Waals surface area contributed by atoms with Crippen molar-refractivity contribution < 1.29 is 28.2 Å². The van der Waals surface area contributed by atoms with Gasteiger partial charge in [-0.25, -0.2) is 19.0 Å². The number of hydrogen-bond donors (Lipinski definition) is 1. The van der Waals surface area contributed by atoms with Crippen LogP contribution in [0.2, 0.25) is 0 Å². The van der Waals surface area contributed by atoms with Crippen LogP contribution in [0.4, 0.5) is 25.5 Å². The van der Waals surface area contributed by atoms with Crippen molar-refractivity contribution in [1.29, 1.82) is 0 Å². The van der Waals surface area contributed by atoms with Crippen molar-refractivity contribution in [2.24, 2.45) is 11.7 Å². The van der Waals surface area contributed by atoms with Gasteiger partial charge in [0.25, 0.3) is 0 Å². The molecular formula is C36H34FN5O5. The normalized spacial score (nSPS) is 18.0. The van der Waals surface area contributed by atoms with E-state index >= 15 is 4.39 Å². The molecule has 3 amide bonds. The number of ether oxygens (including phenoxy) is 2. The van der Waals surface area contributed by atoms with Crippen LogP contribution in [0, 0.1) is 11.7 Å². The summed E-state index contributed by atoms with van der Waals surface area (Å²) < 4.78 is 26.4. The molecule has 10 nitrogen and oxygen atoms in total. The Kier molecular flexibility index (Phi) is 7.97. The van der Waals surface area contributed by atoms with E-state index in [9.17, 15) is 14.4 Å². The molecule has 2 aliphatic heterocycles. The fourth-order valence-electron chi connectivity index (χ4n) is 6.58. The first-order chi connectivity index (χ1) is 22.8. The van der Waals surface area contributed by atoms with E-state index in [0.717, 1.165) is 5.82 Å². The second kappa shape index (κ2) is 12.4. The minimum Gasteiger partial charge on any atom is -0.448 e. The van der Waals surface area contributed by atoms with Crippen molar-refractivity contribution >= 4 is 29.6 Å². The summed E-state index contributed by atoms with van der Waals surface area (Å²) in [6, 6.07) is 24.6. The molecule has 0 saturated carbocycles. The number of hydrogen-bond acceptors (Lipinski definition) is 7. The van der Waals surface area contributed by atoms with Crippen molar-refractivity contribution in [2.75, 3.05) is 49.1 Å². The van der Waals surface area contributed by atoms with Crippen molar-refractivity contribution in [1.82, 2.24) is 9.88 Å². The molecule has 4 aromatic rings. The molecular weight excluding hydrogens is 601 g/mol. The number of pyridine rings is 1. The van der Waals surface area contributed by atoms with Gasteiger partial charge in [-0.2, -0.15) is 0 Å². The van der Waals surface area contributed by atoms with Gasteiger partial charge in [0.05, 0.1) is 18.2 Å². The Labute approximate surface area is 271 Å². The molecule has 1 unspecified atom stereocenters. The van der Waals surface area contributed by atoms with Crippen LogP contribution >= 0.6 is 0 Å². The molecule has 1 aromatic heterocycles. The topological polar surface area (TPSA) is 118 Å². The number of benzene rings is 3. The predicted octanol–water partition coefficient (Wildman–Crippen LogP) is 5.41. The lowest BCUT2D eigenvalue weighted by molar-refractivity contribution is -0.123. The molecule has 2 fully saturated rings. The second-order valence-electron chi connectivity index (χ2n) is 12.1. The number of carbonyl (C=O) groups excluding carboxylic acids is 3. The number of amides is 3. The van der Waals surface area contributed by atoms with Crippen molar-refractivity contribution in [3.8, 4) is 22.3 Å². The van der Waals surface area contributed by atoms with E-state index in [1.54, 1.807) is 36.2 Å². The average molecular weight is 636 g/mol. The molecule has 47 heavy (non-hydrogen) atoms. The number of primary amides is 1. The largest absolute Gasteiger partial charge is 0.448 e.